The second-order valence-electron chi connectivity index (χ2n) is 6.12. The molecule has 2 aliphatic heterocycles. The van der Waals surface area contributed by atoms with Crippen molar-refractivity contribution in [1.29, 1.82) is 0 Å². The average molecular weight is 283 g/mol. The van der Waals surface area contributed by atoms with E-state index in [1.165, 1.54) is 23.8 Å². The molecule has 4 heteroatoms. The number of aromatic nitrogens is 1. The largest absolute Gasteiger partial charge is 0.372 e. The Morgan fingerprint density at radius 1 is 1.24 bits per heavy atom. The minimum atomic E-state index is 0.279. The first kappa shape index (κ1) is 13.2. The maximum absolute atomic E-state index is 6.09. The molecule has 1 aromatic carbocycles. The Bertz CT molecular complexity index is 633. The SMILES string of the molecule is NCC(c1ccc2ncccc2c1)N1CC2CCC(C1)O2. The van der Waals surface area contributed by atoms with Crippen LogP contribution in [0.2, 0.25) is 0 Å². The van der Waals surface area contributed by atoms with E-state index in [0.29, 0.717) is 18.8 Å². The number of nitrogens with two attached hydrogens (primary N) is 1. The Morgan fingerprint density at radius 3 is 2.81 bits per heavy atom. The minimum Gasteiger partial charge on any atom is -0.372 e. The Morgan fingerprint density at radius 2 is 2.05 bits per heavy atom. The van der Waals surface area contributed by atoms with E-state index in [9.17, 15) is 0 Å². The van der Waals surface area contributed by atoms with Crippen molar-refractivity contribution in [3.05, 3.63) is 42.1 Å². The van der Waals surface area contributed by atoms with Gasteiger partial charge in [-0.05, 0) is 36.6 Å². The molecule has 2 fully saturated rings. The molecule has 0 saturated carbocycles. The van der Waals surface area contributed by atoms with Crippen LogP contribution in [-0.4, -0.2) is 41.7 Å². The lowest BCUT2D eigenvalue weighted by molar-refractivity contribution is -0.0520. The number of morpholine rings is 1. The number of fused-ring (bicyclic) bond motifs is 3. The standard InChI is InChI=1S/C17H21N3O/c18-9-17(20-10-14-4-5-15(11-20)21-14)13-3-6-16-12(8-13)2-1-7-19-16/h1-3,6-8,14-15,17H,4-5,9-11,18H2. The highest BCUT2D eigenvalue weighted by Crippen LogP contribution is 2.32. The van der Waals surface area contributed by atoms with Crippen LogP contribution in [0.3, 0.4) is 0 Å². The van der Waals surface area contributed by atoms with Crippen LogP contribution in [0.15, 0.2) is 36.5 Å². The number of ether oxygens (including phenoxy) is 1. The molecule has 4 nitrogen and oxygen atoms in total. The van der Waals surface area contributed by atoms with Crippen molar-refractivity contribution < 1.29 is 4.74 Å². The van der Waals surface area contributed by atoms with E-state index in [4.69, 9.17) is 10.5 Å². The van der Waals surface area contributed by atoms with Gasteiger partial charge in [0.15, 0.2) is 0 Å². The predicted molar refractivity (Wildman–Crippen MR) is 83.0 cm³/mol. The molecule has 0 radical (unpaired) electrons. The molecule has 2 bridgehead atoms. The van der Waals surface area contributed by atoms with Crippen molar-refractivity contribution in [2.24, 2.45) is 5.73 Å². The quantitative estimate of drug-likeness (QED) is 0.937. The van der Waals surface area contributed by atoms with Gasteiger partial charge in [-0.3, -0.25) is 9.88 Å². The van der Waals surface area contributed by atoms with Crippen molar-refractivity contribution in [3.8, 4) is 0 Å². The Hall–Kier alpha value is -1.49. The van der Waals surface area contributed by atoms with E-state index in [1.807, 2.05) is 12.3 Å². The number of pyridine rings is 1. The van der Waals surface area contributed by atoms with Crippen LogP contribution >= 0.6 is 0 Å². The number of hydrogen-bond donors (Lipinski definition) is 1. The van der Waals surface area contributed by atoms with E-state index in [2.05, 4.69) is 34.1 Å². The predicted octanol–water partition coefficient (Wildman–Crippen LogP) is 2.10. The number of nitrogens with zero attached hydrogens (tertiary/aromatic N) is 2. The van der Waals surface area contributed by atoms with Crippen molar-refractivity contribution in [2.75, 3.05) is 19.6 Å². The molecule has 0 spiro atoms. The first-order chi connectivity index (χ1) is 10.3. The maximum atomic E-state index is 6.09. The summed E-state index contributed by atoms with van der Waals surface area (Å²) in [6.45, 7) is 2.65. The van der Waals surface area contributed by atoms with E-state index in [-0.39, 0.29) is 6.04 Å². The van der Waals surface area contributed by atoms with Gasteiger partial charge in [-0.2, -0.15) is 0 Å². The highest BCUT2D eigenvalue weighted by Gasteiger charge is 2.36. The molecule has 3 unspecified atom stereocenters. The zero-order chi connectivity index (χ0) is 14.2. The first-order valence-corrected chi connectivity index (χ1v) is 7.78. The third-order valence-corrected chi connectivity index (χ3v) is 4.75. The third-order valence-electron chi connectivity index (χ3n) is 4.75. The zero-order valence-electron chi connectivity index (χ0n) is 12.1. The molecule has 1 aromatic heterocycles. The van der Waals surface area contributed by atoms with Gasteiger partial charge in [-0.1, -0.05) is 12.1 Å². The fourth-order valence-electron chi connectivity index (χ4n) is 3.70. The molecule has 2 aromatic rings. The smallest absolute Gasteiger partial charge is 0.0707 e. The lowest BCUT2D eigenvalue weighted by atomic mass is 10.0. The summed E-state index contributed by atoms with van der Waals surface area (Å²) in [5, 5.41) is 1.18. The summed E-state index contributed by atoms with van der Waals surface area (Å²) in [4.78, 5) is 6.89. The number of benzene rings is 1. The minimum absolute atomic E-state index is 0.279. The topological polar surface area (TPSA) is 51.4 Å². The fraction of sp³-hybridized carbons (Fsp3) is 0.471. The highest BCUT2D eigenvalue weighted by molar-refractivity contribution is 5.79. The Kier molecular flexibility index (Phi) is 3.37. The lowest BCUT2D eigenvalue weighted by Gasteiger charge is -2.37. The molecular formula is C17H21N3O. The molecule has 2 saturated heterocycles. The first-order valence-electron chi connectivity index (χ1n) is 7.78. The summed E-state index contributed by atoms with van der Waals surface area (Å²) in [5.41, 5.74) is 8.42. The van der Waals surface area contributed by atoms with Crippen LogP contribution in [0, 0.1) is 0 Å². The molecule has 0 aliphatic carbocycles. The molecule has 21 heavy (non-hydrogen) atoms. The average Bonchev–Trinajstić information content (AvgIpc) is 2.86. The summed E-state index contributed by atoms with van der Waals surface area (Å²) in [6.07, 6.45) is 5.03. The summed E-state index contributed by atoms with van der Waals surface area (Å²) in [7, 11) is 0. The summed E-state index contributed by atoms with van der Waals surface area (Å²) in [6, 6.07) is 10.9. The molecule has 110 valence electrons. The van der Waals surface area contributed by atoms with Gasteiger partial charge in [0.1, 0.15) is 0 Å². The van der Waals surface area contributed by atoms with Crippen molar-refractivity contribution in [1.82, 2.24) is 9.88 Å². The van der Waals surface area contributed by atoms with Gasteiger partial charge in [-0.15, -0.1) is 0 Å². The highest BCUT2D eigenvalue weighted by atomic mass is 16.5. The van der Waals surface area contributed by atoms with Crippen LogP contribution < -0.4 is 5.73 Å². The molecule has 0 amide bonds. The van der Waals surface area contributed by atoms with Gasteiger partial charge in [0.25, 0.3) is 0 Å². The van der Waals surface area contributed by atoms with E-state index >= 15 is 0 Å². The van der Waals surface area contributed by atoms with Crippen LogP contribution in [0.1, 0.15) is 24.4 Å². The van der Waals surface area contributed by atoms with Crippen LogP contribution in [-0.2, 0) is 4.74 Å². The molecule has 4 rings (SSSR count). The van der Waals surface area contributed by atoms with Crippen molar-refractivity contribution in [3.63, 3.8) is 0 Å². The molecule has 3 heterocycles. The monoisotopic (exact) mass is 283 g/mol. The van der Waals surface area contributed by atoms with E-state index < -0.39 is 0 Å². The van der Waals surface area contributed by atoms with E-state index in [0.717, 1.165) is 18.6 Å². The van der Waals surface area contributed by atoms with Gasteiger partial charge in [0.05, 0.1) is 17.7 Å². The normalized spacial score (nSPS) is 27.1. The fourth-order valence-corrected chi connectivity index (χ4v) is 3.70. The Labute approximate surface area is 124 Å². The van der Waals surface area contributed by atoms with Gasteiger partial charge in [0.2, 0.25) is 0 Å². The zero-order valence-corrected chi connectivity index (χ0v) is 12.1. The molecule has 2 aliphatic rings. The Balaban J connectivity index is 1.64. The molecular weight excluding hydrogens is 262 g/mol. The number of likely N-dealkylation sites (tertiary alicyclic amines) is 1. The van der Waals surface area contributed by atoms with E-state index in [1.54, 1.807) is 0 Å². The second-order valence-corrected chi connectivity index (χ2v) is 6.12. The van der Waals surface area contributed by atoms with Crippen LogP contribution in [0.25, 0.3) is 10.9 Å². The number of rotatable bonds is 3. The molecule has 2 N–H and O–H groups in total. The van der Waals surface area contributed by atoms with Crippen molar-refractivity contribution in [2.45, 2.75) is 31.1 Å². The van der Waals surface area contributed by atoms with Crippen molar-refractivity contribution >= 4 is 10.9 Å². The lowest BCUT2D eigenvalue weighted by Crippen LogP contribution is -2.46. The van der Waals surface area contributed by atoms with Gasteiger partial charge < -0.3 is 10.5 Å². The van der Waals surface area contributed by atoms with Gasteiger partial charge in [-0.25, -0.2) is 0 Å². The molecule has 3 atom stereocenters. The summed E-state index contributed by atoms with van der Waals surface area (Å²) in [5.74, 6) is 0. The maximum Gasteiger partial charge on any atom is 0.0707 e. The summed E-state index contributed by atoms with van der Waals surface area (Å²) < 4.78 is 5.94. The summed E-state index contributed by atoms with van der Waals surface area (Å²) >= 11 is 0. The third kappa shape index (κ3) is 2.44. The second kappa shape index (κ2) is 5.37. The van der Waals surface area contributed by atoms with Gasteiger partial charge >= 0.3 is 0 Å². The van der Waals surface area contributed by atoms with Crippen LogP contribution in [0.5, 0.6) is 0 Å². The van der Waals surface area contributed by atoms with Crippen LogP contribution in [0.4, 0.5) is 0 Å². The number of hydrogen-bond acceptors (Lipinski definition) is 4. The van der Waals surface area contributed by atoms with Gasteiger partial charge in [0, 0.05) is 37.3 Å².